The number of rotatable bonds is 8. The number of thioether (sulfide) groups is 1. The molecule has 0 radical (unpaired) electrons. The number of nitrogens with zero attached hydrogens (tertiary/aromatic N) is 3. The molecule has 1 N–H and O–H groups in total. The lowest BCUT2D eigenvalue weighted by molar-refractivity contribution is -0.129. The zero-order chi connectivity index (χ0) is 21.0. The van der Waals surface area contributed by atoms with Crippen molar-refractivity contribution in [3.05, 3.63) is 34.6 Å². The highest BCUT2D eigenvalue weighted by Gasteiger charge is 2.33. The summed E-state index contributed by atoms with van der Waals surface area (Å²) in [5.74, 6) is 1.45. The van der Waals surface area contributed by atoms with Gasteiger partial charge < -0.3 is 9.64 Å². The minimum absolute atomic E-state index is 0.0452. The molecular formula is C18H23ClN4O4S2. The van der Waals surface area contributed by atoms with Crippen molar-refractivity contribution in [2.75, 3.05) is 23.8 Å². The summed E-state index contributed by atoms with van der Waals surface area (Å²) in [6.45, 7) is 4.45. The van der Waals surface area contributed by atoms with E-state index in [1.54, 1.807) is 17.0 Å². The van der Waals surface area contributed by atoms with Gasteiger partial charge in [0.2, 0.25) is 11.1 Å². The lowest BCUT2D eigenvalue weighted by Crippen LogP contribution is -2.41. The Labute approximate surface area is 179 Å². The molecule has 1 aromatic heterocycles. The van der Waals surface area contributed by atoms with Crippen molar-refractivity contribution in [2.24, 2.45) is 0 Å². The van der Waals surface area contributed by atoms with Gasteiger partial charge in [-0.2, -0.15) is 0 Å². The van der Waals surface area contributed by atoms with Gasteiger partial charge in [-0.1, -0.05) is 23.4 Å². The maximum atomic E-state index is 12.5. The topological polar surface area (TPSA) is 105 Å². The molecule has 1 saturated heterocycles. The van der Waals surface area contributed by atoms with Crippen LogP contribution < -0.4 is 4.74 Å². The first kappa shape index (κ1) is 21.9. The van der Waals surface area contributed by atoms with Crippen LogP contribution in [0.15, 0.2) is 23.4 Å². The van der Waals surface area contributed by atoms with Gasteiger partial charge in [0.15, 0.2) is 15.7 Å². The van der Waals surface area contributed by atoms with E-state index < -0.39 is 9.84 Å². The van der Waals surface area contributed by atoms with E-state index in [0.717, 1.165) is 5.56 Å². The fourth-order valence-electron chi connectivity index (χ4n) is 3.13. The highest BCUT2D eigenvalue weighted by atomic mass is 35.5. The molecule has 1 aliphatic rings. The van der Waals surface area contributed by atoms with Gasteiger partial charge in [0, 0.05) is 17.6 Å². The zero-order valence-electron chi connectivity index (χ0n) is 16.2. The molecule has 0 spiro atoms. The van der Waals surface area contributed by atoms with Crippen LogP contribution in [0, 0.1) is 6.92 Å². The van der Waals surface area contributed by atoms with E-state index in [4.69, 9.17) is 16.3 Å². The minimum atomic E-state index is -3.03. The number of aromatic nitrogens is 3. The van der Waals surface area contributed by atoms with Crippen molar-refractivity contribution in [1.82, 2.24) is 20.1 Å². The van der Waals surface area contributed by atoms with Crippen molar-refractivity contribution >= 4 is 39.1 Å². The van der Waals surface area contributed by atoms with E-state index >= 15 is 0 Å². The van der Waals surface area contributed by atoms with Gasteiger partial charge >= 0.3 is 0 Å². The third-order valence-corrected chi connectivity index (χ3v) is 7.66. The summed E-state index contributed by atoms with van der Waals surface area (Å²) in [5, 5.41) is 8.02. The predicted octanol–water partition coefficient (Wildman–Crippen LogP) is 2.47. The molecule has 0 saturated carbocycles. The predicted molar refractivity (Wildman–Crippen MR) is 112 cm³/mol. The van der Waals surface area contributed by atoms with E-state index in [0.29, 0.717) is 34.7 Å². The largest absolute Gasteiger partial charge is 0.486 e. The molecule has 1 aromatic carbocycles. The second-order valence-corrected chi connectivity index (χ2v) is 10.4. The van der Waals surface area contributed by atoms with Crippen LogP contribution in [0.3, 0.4) is 0 Å². The first-order chi connectivity index (χ1) is 13.8. The second-order valence-electron chi connectivity index (χ2n) is 6.79. The van der Waals surface area contributed by atoms with Crippen LogP contribution in [0.5, 0.6) is 5.75 Å². The molecule has 2 heterocycles. The zero-order valence-corrected chi connectivity index (χ0v) is 18.6. The first-order valence-electron chi connectivity index (χ1n) is 9.20. The van der Waals surface area contributed by atoms with Crippen molar-refractivity contribution in [3.8, 4) is 5.75 Å². The van der Waals surface area contributed by atoms with Crippen LogP contribution in [-0.2, 0) is 21.2 Å². The Balaban J connectivity index is 1.50. The van der Waals surface area contributed by atoms with E-state index in [1.807, 2.05) is 19.9 Å². The highest BCUT2D eigenvalue weighted by molar-refractivity contribution is 7.99. The van der Waals surface area contributed by atoms with Gasteiger partial charge in [-0.05, 0) is 44.0 Å². The summed E-state index contributed by atoms with van der Waals surface area (Å²) >= 11 is 7.21. The summed E-state index contributed by atoms with van der Waals surface area (Å²) in [4.78, 5) is 18.5. The molecule has 2 aromatic rings. The molecule has 0 bridgehead atoms. The van der Waals surface area contributed by atoms with Gasteiger partial charge in [-0.3, -0.25) is 9.89 Å². The number of benzene rings is 1. The maximum Gasteiger partial charge on any atom is 0.233 e. The number of aryl methyl sites for hydroxylation is 1. The van der Waals surface area contributed by atoms with Crippen LogP contribution in [0.25, 0.3) is 0 Å². The Morgan fingerprint density at radius 1 is 1.45 bits per heavy atom. The van der Waals surface area contributed by atoms with Crippen LogP contribution in [0.1, 0.15) is 24.7 Å². The Morgan fingerprint density at radius 2 is 2.24 bits per heavy atom. The molecule has 11 heteroatoms. The number of hydrogen-bond acceptors (Lipinski definition) is 7. The number of carbonyl (C=O) groups excluding carboxylic acids is 1. The summed E-state index contributed by atoms with van der Waals surface area (Å²) in [6, 6.07) is 5.16. The molecule has 1 atom stereocenters. The van der Waals surface area contributed by atoms with E-state index in [-0.39, 0.29) is 35.8 Å². The van der Waals surface area contributed by atoms with E-state index in [1.165, 1.54) is 11.8 Å². The average Bonchev–Trinajstić information content (AvgIpc) is 3.27. The average molecular weight is 459 g/mol. The SMILES string of the molecule is CCN(C(=O)CSc1n[nH]c(COc2ccc(Cl)c(C)c2)n1)C1CCS(=O)(=O)C1. The number of amides is 1. The number of H-pyrrole nitrogens is 1. The van der Waals surface area contributed by atoms with Gasteiger partial charge in [-0.25, -0.2) is 13.4 Å². The van der Waals surface area contributed by atoms with Crippen LogP contribution in [0.4, 0.5) is 0 Å². The van der Waals surface area contributed by atoms with Gasteiger partial charge in [0.05, 0.1) is 17.3 Å². The van der Waals surface area contributed by atoms with Crippen LogP contribution in [0.2, 0.25) is 5.02 Å². The molecule has 3 rings (SSSR count). The summed E-state index contributed by atoms with van der Waals surface area (Å²) in [6.07, 6.45) is 0.499. The molecule has 158 valence electrons. The van der Waals surface area contributed by atoms with Gasteiger partial charge in [-0.15, -0.1) is 5.10 Å². The van der Waals surface area contributed by atoms with Crippen molar-refractivity contribution in [1.29, 1.82) is 0 Å². The summed E-state index contributed by atoms with van der Waals surface area (Å²) < 4.78 is 29.0. The fraction of sp³-hybridized carbons (Fsp3) is 0.500. The molecule has 1 unspecified atom stereocenters. The summed E-state index contributed by atoms with van der Waals surface area (Å²) in [7, 11) is -3.03. The van der Waals surface area contributed by atoms with Crippen LogP contribution >= 0.6 is 23.4 Å². The van der Waals surface area contributed by atoms with E-state index in [9.17, 15) is 13.2 Å². The smallest absolute Gasteiger partial charge is 0.233 e. The standard InChI is InChI=1S/C18H23ClN4O4S2/c1-3-23(13-6-7-29(25,26)11-13)17(24)10-28-18-20-16(21-22-18)9-27-14-4-5-15(19)12(2)8-14/h4-5,8,13H,3,6-7,9-11H2,1-2H3,(H,20,21,22). The molecule has 29 heavy (non-hydrogen) atoms. The van der Waals surface area contributed by atoms with E-state index in [2.05, 4.69) is 15.2 Å². The number of nitrogens with one attached hydrogen (secondary N) is 1. The molecule has 0 aliphatic carbocycles. The summed E-state index contributed by atoms with van der Waals surface area (Å²) in [5.41, 5.74) is 0.923. The monoisotopic (exact) mass is 458 g/mol. The molecule has 1 fully saturated rings. The Kier molecular flexibility index (Phi) is 7.07. The molecule has 1 aliphatic heterocycles. The van der Waals surface area contributed by atoms with Gasteiger partial charge in [0.1, 0.15) is 12.4 Å². The third-order valence-electron chi connectivity index (χ3n) is 4.65. The number of carbonyl (C=O) groups is 1. The Morgan fingerprint density at radius 3 is 2.90 bits per heavy atom. The van der Waals surface area contributed by atoms with Crippen molar-refractivity contribution in [2.45, 2.75) is 38.1 Å². The number of hydrogen-bond donors (Lipinski definition) is 1. The number of sulfone groups is 1. The fourth-order valence-corrected chi connectivity index (χ4v) is 5.69. The lowest BCUT2D eigenvalue weighted by atomic mass is 10.2. The van der Waals surface area contributed by atoms with Gasteiger partial charge in [0.25, 0.3) is 0 Å². The maximum absolute atomic E-state index is 12.5. The second kappa shape index (κ2) is 9.36. The number of aromatic amines is 1. The van der Waals surface area contributed by atoms with Crippen LogP contribution in [-0.4, -0.2) is 64.3 Å². The Bertz CT molecular complexity index is 980. The molecular weight excluding hydrogens is 436 g/mol. The normalized spacial score (nSPS) is 18.0. The quantitative estimate of drug-likeness (QED) is 0.605. The number of ether oxygens (including phenoxy) is 1. The van der Waals surface area contributed by atoms with Crippen molar-refractivity contribution < 1.29 is 17.9 Å². The Hall–Kier alpha value is -1.78. The minimum Gasteiger partial charge on any atom is -0.486 e. The van der Waals surface area contributed by atoms with Crippen molar-refractivity contribution in [3.63, 3.8) is 0 Å². The highest BCUT2D eigenvalue weighted by Crippen LogP contribution is 2.22. The lowest BCUT2D eigenvalue weighted by Gasteiger charge is -2.26. The molecule has 8 nitrogen and oxygen atoms in total. The third kappa shape index (κ3) is 5.86. The first-order valence-corrected chi connectivity index (χ1v) is 12.4. The molecule has 1 amide bonds. The number of halogens is 1.